The van der Waals surface area contributed by atoms with Crippen LogP contribution in [0.5, 0.6) is 0 Å². The third-order valence-electron chi connectivity index (χ3n) is 3.16. The molecule has 2 aromatic heterocycles. The molecular formula is C15H17Cl2N3. The lowest BCUT2D eigenvalue weighted by Crippen LogP contribution is -2.03. The van der Waals surface area contributed by atoms with Gasteiger partial charge in [-0.3, -0.25) is 4.98 Å². The van der Waals surface area contributed by atoms with Crippen molar-refractivity contribution >= 4 is 35.7 Å². The monoisotopic (exact) mass is 309 g/mol. The Bertz CT molecular complexity index is 665. The molecule has 3 nitrogen and oxygen atoms in total. The average Bonchev–Trinajstić information content (AvgIpc) is 2.80. The van der Waals surface area contributed by atoms with Gasteiger partial charge in [0.25, 0.3) is 0 Å². The van der Waals surface area contributed by atoms with Crippen LogP contribution in [0.2, 0.25) is 0 Å². The van der Waals surface area contributed by atoms with E-state index in [1.807, 2.05) is 18.3 Å². The van der Waals surface area contributed by atoms with E-state index in [1.54, 1.807) is 6.20 Å². The average molecular weight is 310 g/mol. The summed E-state index contributed by atoms with van der Waals surface area (Å²) < 4.78 is 0. The molecule has 0 saturated carbocycles. The lowest BCUT2D eigenvalue weighted by molar-refractivity contribution is 0.978. The number of aromatic nitrogens is 2. The predicted octanol–water partition coefficient (Wildman–Crippen LogP) is 3.57. The maximum Gasteiger partial charge on any atom is 0.0513 e. The first kappa shape index (κ1) is 16.5. The van der Waals surface area contributed by atoms with Crippen LogP contribution in [0.15, 0.2) is 48.8 Å². The van der Waals surface area contributed by atoms with Crippen LogP contribution in [0, 0.1) is 0 Å². The van der Waals surface area contributed by atoms with E-state index in [0.717, 1.165) is 23.2 Å². The Morgan fingerprint density at radius 2 is 1.85 bits per heavy atom. The SMILES string of the molecule is Cl.Cl.NCCc1c(-c2cccnc2)[nH]c2ccccc12. The smallest absolute Gasteiger partial charge is 0.0513 e. The van der Waals surface area contributed by atoms with E-state index in [4.69, 9.17) is 5.73 Å². The van der Waals surface area contributed by atoms with Crippen LogP contribution in [0.25, 0.3) is 22.2 Å². The summed E-state index contributed by atoms with van der Waals surface area (Å²) in [5.74, 6) is 0. The number of pyridine rings is 1. The molecule has 106 valence electrons. The third kappa shape index (κ3) is 2.96. The molecule has 3 aromatic rings. The highest BCUT2D eigenvalue weighted by atomic mass is 35.5. The van der Waals surface area contributed by atoms with E-state index in [9.17, 15) is 0 Å². The standard InChI is InChI=1S/C15H15N3.2ClH/c16-8-7-13-12-5-1-2-6-14(12)18-15(13)11-4-3-9-17-10-11;;/h1-6,9-10,18H,7-8,16H2;2*1H. The number of para-hydroxylation sites is 1. The zero-order chi connectivity index (χ0) is 12.4. The maximum atomic E-state index is 5.73. The fourth-order valence-corrected chi connectivity index (χ4v) is 2.36. The number of H-pyrrole nitrogens is 1. The van der Waals surface area contributed by atoms with Crippen LogP contribution >= 0.6 is 24.8 Å². The summed E-state index contributed by atoms with van der Waals surface area (Å²) in [6.07, 6.45) is 4.54. The fourth-order valence-electron chi connectivity index (χ4n) is 2.36. The molecule has 3 N–H and O–H groups in total. The largest absolute Gasteiger partial charge is 0.354 e. The molecule has 0 fully saturated rings. The number of fused-ring (bicyclic) bond motifs is 1. The van der Waals surface area contributed by atoms with Crippen LogP contribution < -0.4 is 5.73 Å². The lowest BCUT2D eigenvalue weighted by Gasteiger charge is -2.03. The summed E-state index contributed by atoms with van der Waals surface area (Å²) in [6, 6.07) is 12.3. The van der Waals surface area contributed by atoms with Gasteiger partial charge >= 0.3 is 0 Å². The number of nitrogens with two attached hydrogens (primary N) is 1. The Hall–Kier alpha value is -1.55. The van der Waals surface area contributed by atoms with Gasteiger partial charge in [-0.1, -0.05) is 18.2 Å². The van der Waals surface area contributed by atoms with Crippen LogP contribution in [-0.2, 0) is 6.42 Å². The number of benzene rings is 1. The first-order valence-electron chi connectivity index (χ1n) is 6.10. The number of hydrogen-bond acceptors (Lipinski definition) is 2. The van der Waals surface area contributed by atoms with Crippen LogP contribution in [-0.4, -0.2) is 16.5 Å². The van der Waals surface area contributed by atoms with Crippen LogP contribution in [0.1, 0.15) is 5.56 Å². The van der Waals surface area contributed by atoms with Crippen molar-refractivity contribution in [3.8, 4) is 11.3 Å². The highest BCUT2D eigenvalue weighted by Crippen LogP contribution is 2.29. The Labute approximate surface area is 130 Å². The fraction of sp³-hybridized carbons (Fsp3) is 0.133. The maximum absolute atomic E-state index is 5.73. The lowest BCUT2D eigenvalue weighted by atomic mass is 10.0. The highest BCUT2D eigenvalue weighted by molar-refractivity contribution is 5.90. The Kier molecular flexibility index (Phi) is 6.02. The summed E-state index contributed by atoms with van der Waals surface area (Å²) in [7, 11) is 0. The van der Waals surface area contributed by atoms with Gasteiger partial charge in [-0.15, -0.1) is 24.8 Å². The van der Waals surface area contributed by atoms with Gasteiger partial charge in [-0.2, -0.15) is 0 Å². The first-order chi connectivity index (χ1) is 8.90. The van der Waals surface area contributed by atoms with Crippen LogP contribution in [0.4, 0.5) is 0 Å². The normalized spacial score (nSPS) is 9.85. The van der Waals surface area contributed by atoms with Crippen LogP contribution in [0.3, 0.4) is 0 Å². The van der Waals surface area contributed by atoms with Crippen molar-refractivity contribution in [1.82, 2.24) is 9.97 Å². The molecule has 0 atom stereocenters. The van der Waals surface area contributed by atoms with Gasteiger partial charge in [-0.25, -0.2) is 0 Å². The van der Waals surface area contributed by atoms with Crippen molar-refractivity contribution < 1.29 is 0 Å². The molecule has 0 spiro atoms. The Morgan fingerprint density at radius 1 is 1.05 bits per heavy atom. The molecular weight excluding hydrogens is 293 g/mol. The Balaban J connectivity index is 0.000001000. The summed E-state index contributed by atoms with van der Waals surface area (Å²) >= 11 is 0. The van der Waals surface area contributed by atoms with Gasteiger partial charge in [0.05, 0.1) is 5.69 Å². The van der Waals surface area contributed by atoms with Gasteiger partial charge < -0.3 is 10.7 Å². The van der Waals surface area contributed by atoms with Crippen molar-refractivity contribution in [2.24, 2.45) is 5.73 Å². The molecule has 0 unspecified atom stereocenters. The second kappa shape index (κ2) is 7.29. The molecule has 5 heteroatoms. The van der Waals surface area contributed by atoms with Crippen molar-refractivity contribution in [2.45, 2.75) is 6.42 Å². The van der Waals surface area contributed by atoms with E-state index >= 15 is 0 Å². The summed E-state index contributed by atoms with van der Waals surface area (Å²) in [4.78, 5) is 7.65. The molecule has 0 aliphatic carbocycles. The van der Waals surface area contributed by atoms with Gasteiger partial charge in [0.15, 0.2) is 0 Å². The highest BCUT2D eigenvalue weighted by Gasteiger charge is 2.11. The van der Waals surface area contributed by atoms with E-state index < -0.39 is 0 Å². The van der Waals surface area contributed by atoms with E-state index in [2.05, 4.69) is 34.2 Å². The molecule has 0 radical (unpaired) electrons. The van der Waals surface area contributed by atoms with Gasteiger partial charge in [-0.05, 0) is 36.7 Å². The predicted molar refractivity (Wildman–Crippen MR) is 88.8 cm³/mol. The minimum Gasteiger partial charge on any atom is -0.354 e. The van der Waals surface area contributed by atoms with Gasteiger partial charge in [0.1, 0.15) is 0 Å². The van der Waals surface area contributed by atoms with Gasteiger partial charge in [0, 0.05) is 28.9 Å². The molecule has 0 aliphatic heterocycles. The number of aromatic amines is 1. The van der Waals surface area contributed by atoms with E-state index in [1.165, 1.54) is 10.9 Å². The second-order valence-corrected chi connectivity index (χ2v) is 4.30. The van der Waals surface area contributed by atoms with Crippen molar-refractivity contribution in [3.63, 3.8) is 0 Å². The number of nitrogens with one attached hydrogen (secondary N) is 1. The minimum absolute atomic E-state index is 0. The van der Waals surface area contributed by atoms with E-state index in [0.29, 0.717) is 6.54 Å². The summed E-state index contributed by atoms with van der Waals surface area (Å²) in [6.45, 7) is 0.648. The second-order valence-electron chi connectivity index (χ2n) is 4.30. The first-order valence-corrected chi connectivity index (χ1v) is 6.10. The van der Waals surface area contributed by atoms with Crippen molar-refractivity contribution in [1.29, 1.82) is 0 Å². The molecule has 2 heterocycles. The van der Waals surface area contributed by atoms with E-state index in [-0.39, 0.29) is 24.8 Å². The van der Waals surface area contributed by atoms with Crippen molar-refractivity contribution in [2.75, 3.05) is 6.54 Å². The number of hydrogen-bond donors (Lipinski definition) is 2. The summed E-state index contributed by atoms with van der Waals surface area (Å²) in [5.41, 5.74) is 10.4. The third-order valence-corrected chi connectivity index (χ3v) is 3.16. The molecule has 1 aromatic carbocycles. The number of nitrogens with zero attached hydrogens (tertiary/aromatic N) is 1. The topological polar surface area (TPSA) is 54.7 Å². The molecule has 20 heavy (non-hydrogen) atoms. The number of halogens is 2. The minimum atomic E-state index is 0. The van der Waals surface area contributed by atoms with Crippen molar-refractivity contribution in [3.05, 3.63) is 54.4 Å². The zero-order valence-corrected chi connectivity index (χ0v) is 12.5. The molecule has 0 amide bonds. The molecule has 0 bridgehead atoms. The molecule has 3 rings (SSSR count). The Morgan fingerprint density at radius 3 is 2.55 bits per heavy atom. The quantitative estimate of drug-likeness (QED) is 0.777. The molecule has 0 saturated heterocycles. The number of rotatable bonds is 3. The zero-order valence-electron chi connectivity index (χ0n) is 10.9. The van der Waals surface area contributed by atoms with Gasteiger partial charge in [0.2, 0.25) is 0 Å². The molecule has 0 aliphatic rings. The summed E-state index contributed by atoms with van der Waals surface area (Å²) in [5, 5.41) is 1.25.